The zero-order valence-corrected chi connectivity index (χ0v) is 25.5. The number of fused-ring (bicyclic) bond motifs is 6. The largest absolute Gasteiger partial charge is 0.488 e. The maximum atomic E-state index is 13.4. The highest BCUT2D eigenvalue weighted by molar-refractivity contribution is 14.1. The number of carbonyl (C=O) groups excluding carboxylic acids is 1. The summed E-state index contributed by atoms with van der Waals surface area (Å²) in [5, 5.41) is 0. The summed E-state index contributed by atoms with van der Waals surface area (Å²) in [7, 11) is 0. The lowest BCUT2D eigenvalue weighted by atomic mass is 9.76. The molecule has 0 fully saturated rings. The van der Waals surface area contributed by atoms with Crippen LogP contribution in [0.1, 0.15) is 76.3 Å². The Labute approximate surface area is 254 Å². The van der Waals surface area contributed by atoms with E-state index in [2.05, 4.69) is 47.7 Å². The molecule has 0 radical (unpaired) electrons. The minimum atomic E-state index is -1.12. The zero-order chi connectivity index (χ0) is 28.4. The number of halogens is 1. The first-order valence-electron chi connectivity index (χ1n) is 14.2. The van der Waals surface area contributed by atoms with Gasteiger partial charge in [0.2, 0.25) is 0 Å². The number of hydrogen-bond acceptors (Lipinski definition) is 5. The van der Waals surface area contributed by atoms with Crippen LogP contribution in [-0.2, 0) is 23.4 Å². The van der Waals surface area contributed by atoms with Crippen LogP contribution in [0.4, 0.5) is 0 Å². The minimum absolute atomic E-state index is 0.335. The summed E-state index contributed by atoms with van der Waals surface area (Å²) >= 11 is 2.19. The van der Waals surface area contributed by atoms with E-state index in [0.717, 1.165) is 64.1 Å². The molecule has 0 amide bonds. The van der Waals surface area contributed by atoms with Crippen molar-refractivity contribution in [2.75, 3.05) is 4.61 Å². The molecule has 0 saturated heterocycles. The first-order chi connectivity index (χ1) is 20.0. The molecule has 0 aliphatic carbocycles. The Bertz CT molecular complexity index is 1580. The van der Waals surface area contributed by atoms with Gasteiger partial charge in [0, 0.05) is 28.8 Å². The highest BCUT2D eigenvalue weighted by Gasteiger charge is 2.54. The maximum absolute atomic E-state index is 13.4. The molecular weight excluding hydrogens is 627 g/mol. The van der Waals surface area contributed by atoms with Gasteiger partial charge in [-0.25, -0.2) is 4.79 Å². The fraction of sp³-hybridized carbons (Fsp3) is 0.286. The Kier molecular flexibility index (Phi) is 7.93. The summed E-state index contributed by atoms with van der Waals surface area (Å²) in [6, 6.07) is 25.9. The van der Waals surface area contributed by atoms with Gasteiger partial charge in [0.25, 0.3) is 0 Å². The average molecular weight is 661 g/mol. The van der Waals surface area contributed by atoms with Crippen molar-refractivity contribution in [2.45, 2.75) is 58.2 Å². The average Bonchev–Trinajstić information content (AvgIpc) is 3.29. The number of carbonyl (C=O) groups is 1. The third-order valence-corrected chi connectivity index (χ3v) is 8.25. The summed E-state index contributed by atoms with van der Waals surface area (Å²) in [5.74, 6) is 2.42. The molecular formula is C35H33IO5. The van der Waals surface area contributed by atoms with Gasteiger partial charge in [-0.15, -0.1) is 0 Å². The number of aryl methyl sites for hydroxylation is 2. The van der Waals surface area contributed by atoms with Crippen LogP contribution in [0.3, 0.4) is 0 Å². The van der Waals surface area contributed by atoms with E-state index in [1.807, 2.05) is 67.6 Å². The molecule has 2 aliphatic heterocycles. The van der Waals surface area contributed by atoms with Crippen molar-refractivity contribution < 1.29 is 23.7 Å². The lowest BCUT2D eigenvalue weighted by molar-refractivity contribution is 0.0223. The number of ether oxygens (including phenoxy) is 4. The van der Waals surface area contributed by atoms with Gasteiger partial charge >= 0.3 is 5.97 Å². The molecule has 2 aliphatic rings. The van der Waals surface area contributed by atoms with Crippen molar-refractivity contribution in [1.29, 1.82) is 0 Å². The molecule has 0 aromatic heterocycles. The fourth-order valence-electron chi connectivity index (χ4n) is 5.90. The number of esters is 1. The fourth-order valence-corrected chi connectivity index (χ4v) is 6.23. The summed E-state index contributed by atoms with van der Waals surface area (Å²) in [6.07, 6.45) is 5.41. The first kappa shape index (κ1) is 27.6. The molecule has 2 heterocycles. The predicted molar refractivity (Wildman–Crippen MR) is 168 cm³/mol. The van der Waals surface area contributed by atoms with Crippen LogP contribution >= 0.6 is 22.6 Å². The van der Waals surface area contributed by atoms with Gasteiger partial charge in [0.05, 0.1) is 5.56 Å². The van der Waals surface area contributed by atoms with Gasteiger partial charge in [0.1, 0.15) is 34.2 Å². The van der Waals surface area contributed by atoms with E-state index in [1.54, 1.807) is 0 Å². The van der Waals surface area contributed by atoms with E-state index in [-0.39, 0.29) is 5.97 Å². The summed E-state index contributed by atoms with van der Waals surface area (Å²) < 4.78 is 25.9. The van der Waals surface area contributed by atoms with Crippen molar-refractivity contribution in [3.8, 4) is 23.0 Å². The standard InChI is InChI=1S/C35H33IO5/c1-3-4-5-9-14-25-18-29-33(20-31(25)38-21-24-12-7-6-8-13-24)40-32-19-30(39-22-36)23(2)17-28(32)35(29)27-16-11-10-15-26(27)34(37)41-35/h6-8,10-13,15-20H,3-5,9,14,21-22H2,1-2H3. The second kappa shape index (κ2) is 11.8. The summed E-state index contributed by atoms with van der Waals surface area (Å²) in [6.45, 7) is 4.68. The Balaban J connectivity index is 1.52. The van der Waals surface area contributed by atoms with Crippen molar-refractivity contribution in [3.63, 3.8) is 0 Å². The van der Waals surface area contributed by atoms with Crippen molar-refractivity contribution >= 4 is 28.6 Å². The Hall–Kier alpha value is -3.52. The third-order valence-electron chi connectivity index (χ3n) is 7.94. The highest BCUT2D eigenvalue weighted by Crippen LogP contribution is 2.58. The minimum Gasteiger partial charge on any atom is -0.488 e. The third kappa shape index (κ3) is 5.07. The van der Waals surface area contributed by atoms with Crippen LogP contribution in [0.5, 0.6) is 23.0 Å². The van der Waals surface area contributed by atoms with Crippen LogP contribution in [0, 0.1) is 6.92 Å². The Morgan fingerprint density at radius 3 is 2.32 bits per heavy atom. The Morgan fingerprint density at radius 1 is 0.805 bits per heavy atom. The SMILES string of the molecule is CCCCCCc1cc2c(cc1OCc1ccccc1)Oc1cc(OCI)c(C)cc1C21OC(=O)c2ccccc21. The Morgan fingerprint density at radius 2 is 1.54 bits per heavy atom. The second-order valence-electron chi connectivity index (χ2n) is 10.6. The van der Waals surface area contributed by atoms with E-state index in [0.29, 0.717) is 28.3 Å². The molecule has 0 bridgehead atoms. The topological polar surface area (TPSA) is 54.0 Å². The molecule has 4 aromatic carbocycles. The van der Waals surface area contributed by atoms with Crippen LogP contribution in [-0.4, -0.2) is 10.6 Å². The first-order valence-corrected chi connectivity index (χ1v) is 15.8. The van der Waals surface area contributed by atoms with E-state index in [1.165, 1.54) is 12.8 Å². The van der Waals surface area contributed by atoms with Crippen LogP contribution in [0.2, 0.25) is 0 Å². The van der Waals surface area contributed by atoms with E-state index in [4.69, 9.17) is 18.9 Å². The monoisotopic (exact) mass is 660 g/mol. The normalized spacial score (nSPS) is 16.4. The quantitative estimate of drug-likeness (QED) is 0.0736. The maximum Gasteiger partial charge on any atom is 0.340 e. The van der Waals surface area contributed by atoms with Gasteiger partial charge in [0.15, 0.2) is 5.60 Å². The van der Waals surface area contributed by atoms with E-state index >= 15 is 0 Å². The van der Waals surface area contributed by atoms with Gasteiger partial charge < -0.3 is 18.9 Å². The summed E-state index contributed by atoms with van der Waals surface area (Å²) in [5.41, 5.74) is 5.04. The molecule has 1 unspecified atom stereocenters. The van der Waals surface area contributed by atoms with Crippen molar-refractivity contribution in [2.24, 2.45) is 0 Å². The highest BCUT2D eigenvalue weighted by atomic mass is 127. The van der Waals surface area contributed by atoms with Gasteiger partial charge in [-0.3, -0.25) is 0 Å². The van der Waals surface area contributed by atoms with Gasteiger partial charge in [-0.1, -0.05) is 74.7 Å². The lowest BCUT2D eigenvalue weighted by Crippen LogP contribution is -2.33. The number of unbranched alkanes of at least 4 members (excludes halogenated alkanes) is 3. The van der Waals surface area contributed by atoms with Gasteiger partial charge in [-0.05, 0) is 77.2 Å². The zero-order valence-electron chi connectivity index (χ0n) is 23.4. The number of benzene rings is 4. The van der Waals surface area contributed by atoms with Gasteiger partial charge in [-0.2, -0.15) is 0 Å². The molecule has 210 valence electrons. The molecule has 6 heteroatoms. The molecule has 6 rings (SSSR count). The predicted octanol–water partition coefficient (Wildman–Crippen LogP) is 9.04. The molecule has 1 spiro atoms. The molecule has 0 saturated carbocycles. The summed E-state index contributed by atoms with van der Waals surface area (Å²) in [4.78, 5) is 13.4. The van der Waals surface area contributed by atoms with Crippen molar-refractivity contribution in [3.05, 3.63) is 118 Å². The van der Waals surface area contributed by atoms with Crippen molar-refractivity contribution in [1.82, 2.24) is 0 Å². The molecule has 41 heavy (non-hydrogen) atoms. The number of alkyl halides is 1. The van der Waals surface area contributed by atoms with Crippen LogP contribution in [0.15, 0.2) is 78.9 Å². The molecule has 4 aromatic rings. The second-order valence-corrected chi connectivity index (χ2v) is 11.2. The number of rotatable bonds is 10. The molecule has 5 nitrogen and oxygen atoms in total. The van der Waals surface area contributed by atoms with E-state index < -0.39 is 5.60 Å². The lowest BCUT2D eigenvalue weighted by Gasteiger charge is -2.37. The van der Waals surface area contributed by atoms with Crippen LogP contribution < -0.4 is 14.2 Å². The van der Waals surface area contributed by atoms with Crippen LogP contribution in [0.25, 0.3) is 0 Å². The molecule has 1 atom stereocenters. The van der Waals surface area contributed by atoms with E-state index in [9.17, 15) is 4.79 Å². The number of hydrogen-bond donors (Lipinski definition) is 0. The smallest absolute Gasteiger partial charge is 0.340 e. The molecule has 0 N–H and O–H groups in total.